The molecule has 1 aromatic heterocycles. The van der Waals surface area contributed by atoms with Crippen LogP contribution in [0.15, 0.2) is 0 Å². The third-order valence-electron chi connectivity index (χ3n) is 3.22. The number of carbonyl (C=O) groups is 1. The van der Waals surface area contributed by atoms with Crippen LogP contribution in [-0.4, -0.2) is 41.2 Å². The number of hydrogen-bond acceptors (Lipinski definition) is 5. The second-order valence-corrected chi connectivity index (χ2v) is 7.93. The van der Waals surface area contributed by atoms with Crippen LogP contribution in [0.25, 0.3) is 0 Å². The molecule has 0 spiro atoms. The number of carboxylic acids is 1. The Balaban J connectivity index is 3.05. The molecule has 0 saturated carbocycles. The van der Waals surface area contributed by atoms with E-state index in [4.69, 9.17) is 0 Å². The smallest absolute Gasteiger partial charge is 0.347 e. The van der Waals surface area contributed by atoms with Gasteiger partial charge in [0.15, 0.2) is 5.13 Å². The first-order valence-electron chi connectivity index (χ1n) is 6.64. The van der Waals surface area contributed by atoms with Crippen molar-refractivity contribution in [1.82, 2.24) is 4.98 Å². The van der Waals surface area contributed by atoms with Gasteiger partial charge in [0.25, 0.3) is 0 Å². The largest absolute Gasteiger partial charge is 0.477 e. The topological polar surface area (TPSA) is 53.4 Å². The van der Waals surface area contributed by atoms with Gasteiger partial charge in [0.1, 0.15) is 4.88 Å². The highest BCUT2D eigenvalue weighted by Gasteiger charge is 2.28. The highest BCUT2D eigenvalue weighted by molar-refractivity contribution is 7.98. The molecule has 1 rings (SSSR count). The molecule has 1 heterocycles. The number of thiazole rings is 1. The lowest BCUT2D eigenvalue weighted by Crippen LogP contribution is -2.29. The van der Waals surface area contributed by atoms with Gasteiger partial charge < -0.3 is 10.0 Å². The van der Waals surface area contributed by atoms with E-state index in [2.05, 4.69) is 23.1 Å². The molecule has 1 N–H and O–H groups in total. The van der Waals surface area contributed by atoms with Crippen molar-refractivity contribution in [1.29, 1.82) is 0 Å². The van der Waals surface area contributed by atoms with Gasteiger partial charge >= 0.3 is 5.97 Å². The van der Waals surface area contributed by atoms with Gasteiger partial charge in [0.2, 0.25) is 0 Å². The van der Waals surface area contributed by atoms with Gasteiger partial charge in [-0.15, -0.1) is 0 Å². The number of nitrogens with zero attached hydrogens (tertiary/aromatic N) is 2. The average Bonchev–Trinajstić information content (AvgIpc) is 2.79. The van der Waals surface area contributed by atoms with E-state index in [1.807, 2.05) is 39.6 Å². The number of anilines is 1. The van der Waals surface area contributed by atoms with E-state index < -0.39 is 5.97 Å². The van der Waals surface area contributed by atoms with Gasteiger partial charge in [-0.3, -0.25) is 0 Å². The van der Waals surface area contributed by atoms with Crippen molar-refractivity contribution in [2.75, 3.05) is 24.0 Å². The Bertz CT molecular complexity index is 466. The molecule has 1 aromatic rings. The molecular weight excluding hydrogens is 292 g/mol. The first-order valence-corrected chi connectivity index (χ1v) is 8.86. The van der Waals surface area contributed by atoms with E-state index in [0.29, 0.717) is 16.6 Å². The summed E-state index contributed by atoms with van der Waals surface area (Å²) in [6.07, 6.45) is 3.15. The Kier molecular flexibility index (Phi) is 5.89. The molecule has 0 radical (unpaired) electrons. The Morgan fingerprint density at radius 1 is 1.50 bits per heavy atom. The van der Waals surface area contributed by atoms with Crippen molar-refractivity contribution in [3.63, 3.8) is 0 Å². The lowest BCUT2D eigenvalue weighted by atomic mass is 9.91. The SMILES string of the molecule is CSCCC(C)N(C)c1nc(C(C)(C)C)c(C(=O)O)s1. The summed E-state index contributed by atoms with van der Waals surface area (Å²) in [5, 5.41) is 10.1. The molecule has 0 saturated heterocycles. The van der Waals surface area contributed by atoms with E-state index in [-0.39, 0.29) is 5.41 Å². The quantitative estimate of drug-likeness (QED) is 0.867. The monoisotopic (exact) mass is 316 g/mol. The second kappa shape index (κ2) is 6.80. The maximum Gasteiger partial charge on any atom is 0.347 e. The van der Waals surface area contributed by atoms with E-state index in [0.717, 1.165) is 17.3 Å². The fourth-order valence-corrected chi connectivity index (χ4v) is 3.54. The normalized spacial score (nSPS) is 13.3. The van der Waals surface area contributed by atoms with Crippen LogP contribution in [0.5, 0.6) is 0 Å². The van der Waals surface area contributed by atoms with Crippen LogP contribution in [0.2, 0.25) is 0 Å². The molecule has 0 aliphatic carbocycles. The van der Waals surface area contributed by atoms with E-state index >= 15 is 0 Å². The van der Waals surface area contributed by atoms with Crippen LogP contribution in [-0.2, 0) is 5.41 Å². The first kappa shape index (κ1) is 17.3. The molecule has 20 heavy (non-hydrogen) atoms. The Morgan fingerprint density at radius 2 is 2.10 bits per heavy atom. The Labute approximate surface area is 129 Å². The zero-order chi connectivity index (χ0) is 15.5. The number of rotatable bonds is 6. The summed E-state index contributed by atoms with van der Waals surface area (Å²) < 4.78 is 0. The number of aromatic carboxylic acids is 1. The maximum atomic E-state index is 11.4. The van der Waals surface area contributed by atoms with Gasteiger partial charge in [0, 0.05) is 18.5 Å². The molecule has 0 fully saturated rings. The molecule has 1 unspecified atom stereocenters. The van der Waals surface area contributed by atoms with Crippen LogP contribution in [0.3, 0.4) is 0 Å². The fourth-order valence-electron chi connectivity index (χ4n) is 1.78. The molecule has 6 heteroatoms. The molecule has 1 atom stereocenters. The summed E-state index contributed by atoms with van der Waals surface area (Å²) in [6.45, 7) is 8.13. The van der Waals surface area contributed by atoms with Crippen LogP contribution in [0.4, 0.5) is 5.13 Å². The van der Waals surface area contributed by atoms with Crippen molar-refractivity contribution < 1.29 is 9.90 Å². The predicted molar refractivity (Wildman–Crippen MR) is 88.6 cm³/mol. The Hall–Kier alpha value is -0.750. The third-order valence-corrected chi connectivity index (χ3v) is 5.00. The molecule has 4 nitrogen and oxygen atoms in total. The van der Waals surface area contributed by atoms with Gasteiger partial charge in [-0.2, -0.15) is 11.8 Å². The van der Waals surface area contributed by atoms with Crippen molar-refractivity contribution in [3.05, 3.63) is 10.6 Å². The number of hydrogen-bond donors (Lipinski definition) is 1. The van der Waals surface area contributed by atoms with E-state index in [1.54, 1.807) is 0 Å². The van der Waals surface area contributed by atoms with Crippen LogP contribution >= 0.6 is 23.1 Å². The summed E-state index contributed by atoms with van der Waals surface area (Å²) in [7, 11) is 1.99. The molecule has 0 bridgehead atoms. The molecular formula is C14H24N2O2S2. The van der Waals surface area contributed by atoms with Crippen LogP contribution in [0.1, 0.15) is 49.5 Å². The van der Waals surface area contributed by atoms with Crippen LogP contribution < -0.4 is 4.90 Å². The van der Waals surface area contributed by atoms with E-state index in [9.17, 15) is 9.90 Å². The highest BCUT2D eigenvalue weighted by Crippen LogP contribution is 2.34. The van der Waals surface area contributed by atoms with Gasteiger partial charge in [-0.05, 0) is 25.4 Å². The number of carboxylic acid groups (broad SMARTS) is 1. The van der Waals surface area contributed by atoms with Crippen LogP contribution in [0, 0.1) is 0 Å². The summed E-state index contributed by atoms with van der Waals surface area (Å²) in [4.78, 5) is 18.4. The summed E-state index contributed by atoms with van der Waals surface area (Å²) in [5.41, 5.74) is 0.417. The Morgan fingerprint density at radius 3 is 2.50 bits per heavy atom. The first-order chi connectivity index (χ1) is 9.18. The highest BCUT2D eigenvalue weighted by atomic mass is 32.2. The zero-order valence-electron chi connectivity index (χ0n) is 13.1. The molecule has 0 amide bonds. The van der Waals surface area contributed by atoms with Gasteiger partial charge in [-0.1, -0.05) is 32.1 Å². The molecule has 0 aliphatic heterocycles. The minimum absolute atomic E-state index is 0.258. The molecule has 114 valence electrons. The molecule has 0 aliphatic rings. The van der Waals surface area contributed by atoms with Gasteiger partial charge in [-0.25, -0.2) is 9.78 Å². The number of aromatic nitrogens is 1. The molecule has 0 aromatic carbocycles. The minimum Gasteiger partial charge on any atom is -0.477 e. The second-order valence-electron chi connectivity index (χ2n) is 5.97. The van der Waals surface area contributed by atoms with Crippen molar-refractivity contribution in [3.8, 4) is 0 Å². The lowest BCUT2D eigenvalue weighted by Gasteiger charge is -2.24. The summed E-state index contributed by atoms with van der Waals surface area (Å²) >= 11 is 3.10. The van der Waals surface area contributed by atoms with Gasteiger partial charge in [0.05, 0.1) is 5.69 Å². The minimum atomic E-state index is -0.885. The zero-order valence-corrected chi connectivity index (χ0v) is 14.7. The lowest BCUT2D eigenvalue weighted by molar-refractivity contribution is 0.0699. The standard InChI is InChI=1S/C14H24N2O2S2/c1-9(7-8-19-6)16(5)13-15-11(14(2,3)4)10(20-13)12(17)18/h9H,7-8H2,1-6H3,(H,17,18). The van der Waals surface area contributed by atoms with Crippen molar-refractivity contribution >= 4 is 34.2 Å². The fraction of sp³-hybridized carbons (Fsp3) is 0.714. The summed E-state index contributed by atoms with van der Waals surface area (Å²) in [5.74, 6) is 0.207. The maximum absolute atomic E-state index is 11.4. The summed E-state index contributed by atoms with van der Waals surface area (Å²) in [6, 6.07) is 0.350. The third kappa shape index (κ3) is 4.12. The van der Waals surface area contributed by atoms with Crippen molar-refractivity contribution in [2.45, 2.75) is 45.6 Å². The number of thioether (sulfide) groups is 1. The average molecular weight is 316 g/mol. The van der Waals surface area contributed by atoms with E-state index in [1.165, 1.54) is 11.3 Å². The predicted octanol–water partition coefficient (Wildman–Crippen LogP) is 3.72. The van der Waals surface area contributed by atoms with Crippen molar-refractivity contribution in [2.24, 2.45) is 0 Å².